The number of fused-ring (bicyclic) bond motifs is 9. The predicted molar refractivity (Wildman–Crippen MR) is 225 cm³/mol. The summed E-state index contributed by atoms with van der Waals surface area (Å²) >= 11 is 0. The van der Waals surface area contributed by atoms with Crippen molar-refractivity contribution in [3.8, 4) is 11.5 Å². The lowest BCUT2D eigenvalue weighted by atomic mass is 9.73. The quantitative estimate of drug-likeness (QED) is 0.116. The van der Waals surface area contributed by atoms with Crippen LogP contribution >= 0.6 is 0 Å². The number of ether oxygens (including phenoxy) is 4. The molecule has 12 rings (SSSR count). The molecule has 298 valence electrons. The second-order valence-electron chi connectivity index (χ2n) is 16.7. The van der Waals surface area contributed by atoms with Crippen LogP contribution in [0.25, 0.3) is 21.8 Å². The molecule has 10 heteroatoms. The van der Waals surface area contributed by atoms with Gasteiger partial charge in [-0.15, -0.1) is 13.2 Å². The van der Waals surface area contributed by atoms with Crippen molar-refractivity contribution in [2.45, 2.75) is 62.4 Å². The lowest BCUT2D eigenvalue weighted by Gasteiger charge is -2.52. The number of piperidine rings is 6. The van der Waals surface area contributed by atoms with Crippen LogP contribution < -0.4 is 9.47 Å². The van der Waals surface area contributed by atoms with Gasteiger partial charge in [-0.1, -0.05) is 36.4 Å². The molecular formula is C48H52N6O4. The second kappa shape index (κ2) is 15.6. The van der Waals surface area contributed by atoms with Gasteiger partial charge >= 0.3 is 0 Å². The molecule has 2 aromatic heterocycles. The Bertz CT molecular complexity index is 2210. The minimum absolute atomic E-state index is 0.152. The Morgan fingerprint density at radius 3 is 1.50 bits per heavy atom. The SMILES string of the molecule is C=C[C@@H]1CN2CC[C@H]1CC2[C@@H](OC1N=NC(O[C@@H](c2ccnc3ccc(OC)cc23)C2C[C@@H]3CCN2C[C@H]3C=C)c2ccccc21)c1ccnc2ccc(OC)cc12. The fourth-order valence-electron chi connectivity index (χ4n) is 10.9. The minimum Gasteiger partial charge on any atom is -0.497 e. The summed E-state index contributed by atoms with van der Waals surface area (Å²) in [5, 5.41) is 12.1. The van der Waals surface area contributed by atoms with Gasteiger partial charge in [0, 0.05) is 59.5 Å². The van der Waals surface area contributed by atoms with Crippen molar-refractivity contribution in [1.29, 1.82) is 0 Å². The number of rotatable bonds is 12. The fraction of sp³-hybridized carbons (Fsp3) is 0.417. The predicted octanol–water partition coefficient (Wildman–Crippen LogP) is 9.57. The Balaban J connectivity index is 1.02. The molecule has 4 bridgehead atoms. The zero-order valence-electron chi connectivity index (χ0n) is 33.4. The third kappa shape index (κ3) is 6.60. The van der Waals surface area contributed by atoms with E-state index in [0.29, 0.717) is 23.7 Å². The van der Waals surface area contributed by atoms with Gasteiger partial charge in [0.25, 0.3) is 0 Å². The molecular weight excluding hydrogens is 725 g/mol. The molecule has 0 spiro atoms. The minimum atomic E-state index is -0.626. The molecule has 0 N–H and O–H groups in total. The Morgan fingerprint density at radius 2 is 1.10 bits per heavy atom. The molecule has 9 heterocycles. The van der Waals surface area contributed by atoms with Crippen LogP contribution in [0.1, 0.15) is 72.6 Å². The number of hydrogen-bond acceptors (Lipinski definition) is 10. The van der Waals surface area contributed by atoms with E-state index in [1.807, 2.05) is 36.7 Å². The number of benzene rings is 3. The van der Waals surface area contributed by atoms with E-state index in [2.05, 4.69) is 83.6 Å². The highest BCUT2D eigenvalue weighted by molar-refractivity contribution is 5.85. The molecule has 3 aromatic carbocycles. The van der Waals surface area contributed by atoms with Crippen molar-refractivity contribution in [2.75, 3.05) is 40.4 Å². The van der Waals surface area contributed by atoms with E-state index >= 15 is 0 Å². The maximum Gasteiger partial charge on any atom is 0.195 e. The summed E-state index contributed by atoms with van der Waals surface area (Å²) < 4.78 is 26.1. The van der Waals surface area contributed by atoms with Gasteiger partial charge in [-0.05, 0) is 122 Å². The first-order chi connectivity index (χ1) is 28.5. The first kappa shape index (κ1) is 37.3. The largest absolute Gasteiger partial charge is 0.497 e. The van der Waals surface area contributed by atoms with Crippen LogP contribution in [0.3, 0.4) is 0 Å². The Morgan fingerprint density at radius 1 is 0.638 bits per heavy atom. The van der Waals surface area contributed by atoms with Crippen molar-refractivity contribution in [3.05, 3.63) is 133 Å². The molecule has 6 unspecified atom stereocenters. The third-order valence-electron chi connectivity index (χ3n) is 13.9. The second-order valence-corrected chi connectivity index (χ2v) is 16.7. The Kier molecular flexibility index (Phi) is 10.1. The standard InChI is InChI=1S/C48H52N6O4/c1-5-29-27-53-21-17-31(29)23-43(53)45(35-15-19-49-41-13-11-33(55-3)25-39(35)41)57-47-37-9-7-8-10-38(37)48(52-51-47)58-46(44-24-32-18-22-54(44)28-30(32)6-2)36-16-20-50-42-14-12-34(56-4)26-40(36)42/h5-16,19-20,25-26,29-32,43-48H,1-2,17-18,21-24,27-28H2,3-4H3/t29-,30-,31+,32+,43?,44?,45+,46+,47?,48?/m1/s1. The van der Waals surface area contributed by atoms with Gasteiger partial charge in [0.2, 0.25) is 0 Å². The van der Waals surface area contributed by atoms with Crippen molar-refractivity contribution in [1.82, 2.24) is 19.8 Å². The molecule has 7 aliphatic rings. The highest BCUT2D eigenvalue weighted by Crippen LogP contribution is 2.50. The first-order valence-electron chi connectivity index (χ1n) is 20.9. The van der Waals surface area contributed by atoms with E-state index in [4.69, 9.17) is 39.1 Å². The topological polar surface area (TPSA) is 93.9 Å². The molecule has 0 aliphatic carbocycles. The van der Waals surface area contributed by atoms with Gasteiger partial charge in [-0.2, -0.15) is 10.2 Å². The van der Waals surface area contributed by atoms with E-state index in [1.54, 1.807) is 14.2 Å². The summed E-state index contributed by atoms with van der Waals surface area (Å²) in [5.41, 5.74) is 5.93. The first-order valence-corrected chi connectivity index (χ1v) is 20.9. The van der Waals surface area contributed by atoms with E-state index < -0.39 is 12.5 Å². The van der Waals surface area contributed by atoms with Crippen LogP contribution in [-0.2, 0) is 9.47 Å². The molecule has 12 atom stereocenters. The normalized spacial score (nSPS) is 30.8. The number of nitrogens with zero attached hydrogens (tertiary/aromatic N) is 6. The Labute approximate surface area is 340 Å². The summed E-state index contributed by atoms with van der Waals surface area (Å²) in [5.74, 6) is 3.67. The summed E-state index contributed by atoms with van der Waals surface area (Å²) in [4.78, 5) is 14.7. The summed E-state index contributed by atoms with van der Waals surface area (Å²) in [7, 11) is 3.41. The molecule has 0 amide bonds. The van der Waals surface area contributed by atoms with Gasteiger partial charge in [0.15, 0.2) is 12.5 Å². The van der Waals surface area contributed by atoms with Gasteiger partial charge in [0.1, 0.15) is 23.7 Å². The van der Waals surface area contributed by atoms with Gasteiger partial charge in [0.05, 0.1) is 25.3 Å². The van der Waals surface area contributed by atoms with Crippen molar-refractivity contribution in [3.63, 3.8) is 0 Å². The third-order valence-corrected chi connectivity index (χ3v) is 13.9. The van der Waals surface area contributed by atoms with E-state index in [-0.39, 0.29) is 24.3 Å². The van der Waals surface area contributed by atoms with E-state index in [0.717, 1.165) is 94.6 Å². The molecule has 7 aliphatic heterocycles. The lowest BCUT2D eigenvalue weighted by Crippen LogP contribution is -2.55. The van der Waals surface area contributed by atoms with Crippen molar-refractivity contribution in [2.24, 2.45) is 33.9 Å². The maximum absolute atomic E-state index is 7.36. The van der Waals surface area contributed by atoms with Crippen LogP contribution in [0.2, 0.25) is 0 Å². The van der Waals surface area contributed by atoms with Gasteiger partial charge < -0.3 is 18.9 Å². The molecule has 0 saturated carbocycles. The molecule has 5 aromatic rings. The van der Waals surface area contributed by atoms with E-state index in [1.165, 1.54) is 12.8 Å². The van der Waals surface area contributed by atoms with Crippen molar-refractivity contribution < 1.29 is 18.9 Å². The highest BCUT2D eigenvalue weighted by Gasteiger charge is 2.47. The van der Waals surface area contributed by atoms with Gasteiger partial charge in [-0.25, -0.2) is 0 Å². The fourth-order valence-corrected chi connectivity index (χ4v) is 10.9. The highest BCUT2D eigenvalue weighted by atomic mass is 16.5. The Hall–Kier alpha value is -5.00. The molecule has 6 saturated heterocycles. The average Bonchev–Trinajstić information content (AvgIpc) is 3.29. The molecule has 10 nitrogen and oxygen atoms in total. The lowest BCUT2D eigenvalue weighted by molar-refractivity contribution is -0.119. The zero-order valence-corrected chi connectivity index (χ0v) is 33.4. The summed E-state index contributed by atoms with van der Waals surface area (Å²) in [6.45, 7) is 12.4. The molecule has 58 heavy (non-hydrogen) atoms. The maximum atomic E-state index is 7.36. The molecule has 6 fully saturated rings. The number of aromatic nitrogens is 2. The van der Waals surface area contributed by atoms with Crippen LogP contribution in [0.15, 0.2) is 121 Å². The van der Waals surface area contributed by atoms with Crippen molar-refractivity contribution >= 4 is 21.8 Å². The zero-order chi connectivity index (χ0) is 39.3. The summed E-state index contributed by atoms with van der Waals surface area (Å²) in [6, 6.07) is 25.1. The van der Waals surface area contributed by atoms with E-state index in [9.17, 15) is 0 Å². The number of pyridine rings is 2. The van der Waals surface area contributed by atoms with Crippen LogP contribution in [0, 0.1) is 23.7 Å². The number of methoxy groups -OCH3 is 2. The molecule has 0 radical (unpaired) electrons. The van der Waals surface area contributed by atoms with Crippen LogP contribution in [0.4, 0.5) is 0 Å². The van der Waals surface area contributed by atoms with Gasteiger partial charge in [-0.3, -0.25) is 19.8 Å². The van der Waals surface area contributed by atoms with Crippen LogP contribution in [0.5, 0.6) is 11.5 Å². The summed E-state index contributed by atoms with van der Waals surface area (Å²) in [6.07, 6.45) is 10.6. The monoisotopic (exact) mass is 776 g/mol. The smallest absolute Gasteiger partial charge is 0.195 e. The van der Waals surface area contributed by atoms with Crippen LogP contribution in [-0.4, -0.2) is 72.3 Å². The number of azo groups is 1. The number of hydrogen-bond donors (Lipinski definition) is 0. The average molecular weight is 777 g/mol.